The quantitative estimate of drug-likeness (QED) is 0.382. The second-order valence-corrected chi connectivity index (χ2v) is 1.44. The third-order valence-corrected chi connectivity index (χ3v) is 0.762. The van der Waals surface area contributed by atoms with Gasteiger partial charge in [0.25, 0.3) is 0 Å². The van der Waals surface area contributed by atoms with Gasteiger partial charge in [-0.05, 0) is 11.6 Å². The summed E-state index contributed by atoms with van der Waals surface area (Å²) in [6, 6.07) is 0. The minimum absolute atomic E-state index is 0.342. The van der Waals surface area contributed by atoms with Crippen molar-refractivity contribution < 1.29 is 20.5 Å². The van der Waals surface area contributed by atoms with Crippen molar-refractivity contribution in [2.75, 3.05) is 26.1 Å². The first-order valence-corrected chi connectivity index (χ1v) is 2.35. The third-order valence-electron chi connectivity index (χ3n) is 0.593. The Morgan fingerprint density at radius 2 is 2.22 bits per heavy atom. The second-order valence-electron chi connectivity index (χ2n) is 1.12. The maximum Gasteiger partial charge on any atom is 0.316 e. The van der Waals surface area contributed by atoms with Gasteiger partial charge in [-0.3, -0.25) is 4.79 Å². The Morgan fingerprint density at radius 1 is 1.67 bits per heavy atom. The van der Waals surface area contributed by atoms with E-state index in [4.69, 9.17) is 22.6 Å². The lowest BCUT2D eigenvalue weighted by Crippen LogP contribution is -2.37. The highest BCUT2D eigenvalue weighted by atomic mass is 35.5. The zero-order chi connectivity index (χ0) is 13.9. The first-order valence-electron chi connectivity index (χ1n) is 5.97. The van der Waals surface area contributed by atoms with Gasteiger partial charge in [0.15, 0.2) is 0 Å². The van der Waals surface area contributed by atoms with Gasteiger partial charge in [0.2, 0.25) is 0 Å². The molecule has 1 aliphatic heterocycles. The predicted molar refractivity (Wildman–Crippen MR) is 33.6 cm³/mol. The topological polar surface area (TPSA) is 29.5 Å². The normalized spacial score (nSPS) is 55.4. The van der Waals surface area contributed by atoms with Crippen LogP contribution in [-0.2, 0) is 4.74 Å². The fourth-order valence-electron chi connectivity index (χ4n) is 0.278. The van der Waals surface area contributed by atoms with Gasteiger partial charge < -0.3 is 9.64 Å². The van der Waals surface area contributed by atoms with Crippen LogP contribution in [0.3, 0.4) is 0 Å². The molecule has 0 aromatic heterocycles. The molecule has 0 saturated carbocycles. The average molecular weight is 158 g/mol. The predicted octanol–water partition coefficient (Wildman–Crippen LogP) is 0.677. The summed E-state index contributed by atoms with van der Waals surface area (Å²) in [4.78, 5) is 10.7. The maximum absolute atomic E-state index is 11.0. The molecule has 0 spiro atoms. The molecule has 1 amide bonds. The van der Waals surface area contributed by atoms with E-state index in [1.165, 1.54) is 0 Å². The van der Waals surface area contributed by atoms with Crippen LogP contribution in [0.1, 0.15) is 11.0 Å². The van der Waals surface area contributed by atoms with E-state index in [0.29, 0.717) is 0 Å². The lowest BCUT2D eigenvalue weighted by Gasteiger charge is -2.23. The average Bonchev–Trinajstić information content (AvgIpc) is 1.96. The molecule has 0 aromatic rings. The molecule has 4 heteroatoms. The fraction of sp³-hybridized carbons (Fsp3) is 0.800. The number of amides is 1. The summed E-state index contributed by atoms with van der Waals surface area (Å²) in [5, 5.41) is -1.66. The van der Waals surface area contributed by atoms with Gasteiger partial charge in [-0.15, -0.1) is 0 Å². The third kappa shape index (κ3) is 1.84. The molecule has 1 heterocycles. The van der Waals surface area contributed by atoms with Crippen molar-refractivity contribution in [3.8, 4) is 0 Å². The number of ether oxygens (including phenoxy) is 1. The van der Waals surface area contributed by atoms with Gasteiger partial charge in [-0.25, -0.2) is 0 Å². The molecule has 0 aromatic carbocycles. The van der Waals surface area contributed by atoms with Crippen LogP contribution >= 0.6 is 11.6 Å². The number of halogens is 1. The molecule has 52 valence electrons. The zero-order valence-corrected chi connectivity index (χ0v) is 4.90. The van der Waals surface area contributed by atoms with Gasteiger partial charge in [0.1, 0.15) is 0 Å². The van der Waals surface area contributed by atoms with E-state index in [1.54, 1.807) is 0 Å². The van der Waals surface area contributed by atoms with Crippen molar-refractivity contribution in [3.05, 3.63) is 0 Å². The SMILES string of the molecule is [2H]C1([2H])OC([2H])([2H])C([2H])([2H])N(C(=O)Cl)C1([2H])[2H]. The number of hydrogen-bond donors (Lipinski definition) is 0. The van der Waals surface area contributed by atoms with Crippen LogP contribution < -0.4 is 0 Å². The second kappa shape index (κ2) is 3.03. The van der Waals surface area contributed by atoms with Crippen LogP contribution in [0.2, 0.25) is 0 Å². The molecular weight excluding hydrogens is 142 g/mol. The summed E-state index contributed by atoms with van der Waals surface area (Å²) < 4.78 is 62.2. The van der Waals surface area contributed by atoms with E-state index in [0.717, 1.165) is 0 Å². The highest BCUT2D eigenvalue weighted by molar-refractivity contribution is 6.62. The van der Waals surface area contributed by atoms with Gasteiger partial charge in [0.05, 0.1) is 24.1 Å². The lowest BCUT2D eigenvalue weighted by molar-refractivity contribution is 0.0589. The van der Waals surface area contributed by atoms with Crippen LogP contribution in [0.4, 0.5) is 4.79 Å². The fourth-order valence-corrected chi connectivity index (χ4v) is 0.363. The van der Waals surface area contributed by atoms with Crippen LogP contribution in [-0.4, -0.2) is 36.4 Å². The number of carbonyl (C=O) groups excluding carboxylic acids is 1. The zero-order valence-electron chi connectivity index (χ0n) is 12.1. The number of rotatable bonds is 0. The summed E-state index contributed by atoms with van der Waals surface area (Å²) >= 11 is 5.00. The maximum atomic E-state index is 11.0. The Morgan fingerprint density at radius 3 is 2.67 bits per heavy atom. The summed E-state index contributed by atoms with van der Waals surface area (Å²) in [6.07, 6.45) is 0. The Kier molecular flexibility index (Phi) is 0.627. The number of morpholine rings is 1. The van der Waals surface area contributed by atoms with E-state index >= 15 is 0 Å². The summed E-state index contributed by atoms with van der Waals surface area (Å²) in [5.41, 5.74) is 0. The van der Waals surface area contributed by atoms with Crippen molar-refractivity contribution in [2.45, 2.75) is 0 Å². The smallest absolute Gasteiger partial charge is 0.316 e. The van der Waals surface area contributed by atoms with Crippen molar-refractivity contribution in [2.24, 2.45) is 0 Å². The summed E-state index contributed by atoms with van der Waals surface area (Å²) in [7, 11) is 0. The number of nitrogens with zero attached hydrogens (tertiary/aromatic N) is 1. The van der Waals surface area contributed by atoms with Crippen molar-refractivity contribution in [1.82, 2.24) is 4.90 Å². The van der Waals surface area contributed by atoms with Crippen LogP contribution in [0.15, 0.2) is 0 Å². The molecule has 1 saturated heterocycles. The molecule has 0 bridgehead atoms. The summed E-state index contributed by atoms with van der Waals surface area (Å²) in [5.74, 6) is 0. The first kappa shape index (κ1) is 1.86. The molecule has 1 rings (SSSR count). The van der Waals surface area contributed by atoms with Crippen LogP contribution in [0, 0.1) is 0 Å². The summed E-state index contributed by atoms with van der Waals surface area (Å²) in [6.45, 7) is -13.0. The van der Waals surface area contributed by atoms with E-state index in [9.17, 15) is 4.79 Å². The van der Waals surface area contributed by atoms with E-state index in [2.05, 4.69) is 4.74 Å². The Labute approximate surface area is 69.8 Å². The molecular formula is C5H8ClNO2. The minimum atomic E-state index is -3.25. The number of hydrogen-bond acceptors (Lipinski definition) is 2. The van der Waals surface area contributed by atoms with Crippen molar-refractivity contribution in [3.63, 3.8) is 0 Å². The highest BCUT2D eigenvalue weighted by Crippen LogP contribution is 2.00. The molecule has 1 aliphatic rings. The molecule has 0 N–H and O–H groups in total. The standard InChI is InChI=1S/C5H8ClNO2/c6-5(8)7-1-3-9-4-2-7/h1-4H2/i1D2,2D2,3D2,4D2. The van der Waals surface area contributed by atoms with Crippen LogP contribution in [0.5, 0.6) is 0 Å². The Bertz CT molecular complexity index is 332. The van der Waals surface area contributed by atoms with Gasteiger partial charge in [-0.1, -0.05) is 0 Å². The monoisotopic (exact) mass is 157 g/mol. The molecule has 9 heavy (non-hydrogen) atoms. The highest BCUT2D eigenvalue weighted by Gasteiger charge is 2.13. The molecule has 0 atom stereocenters. The van der Waals surface area contributed by atoms with Crippen molar-refractivity contribution in [1.29, 1.82) is 0 Å². The molecule has 0 unspecified atom stereocenters. The molecule has 1 fully saturated rings. The Hall–Kier alpha value is -0.280. The first-order chi connectivity index (χ1) is 7.27. The van der Waals surface area contributed by atoms with E-state index < -0.39 is 31.5 Å². The van der Waals surface area contributed by atoms with Gasteiger partial charge in [-0.2, -0.15) is 0 Å². The van der Waals surface area contributed by atoms with Crippen LogP contribution in [0.25, 0.3) is 0 Å². The van der Waals surface area contributed by atoms with Gasteiger partial charge in [0, 0.05) is 13.0 Å². The van der Waals surface area contributed by atoms with E-state index in [1.807, 2.05) is 0 Å². The molecule has 0 aliphatic carbocycles. The minimum Gasteiger partial charge on any atom is -0.378 e. The van der Waals surface area contributed by atoms with Gasteiger partial charge >= 0.3 is 5.37 Å². The van der Waals surface area contributed by atoms with Crippen molar-refractivity contribution >= 4 is 17.0 Å². The largest absolute Gasteiger partial charge is 0.378 e. The van der Waals surface area contributed by atoms with E-state index in [-0.39, 0.29) is 4.90 Å². The Balaban J connectivity index is 3.43. The molecule has 3 nitrogen and oxygen atoms in total. The number of carbonyl (C=O) groups is 1. The molecule has 0 radical (unpaired) electrons. The lowest BCUT2D eigenvalue weighted by atomic mass is 10.5.